The van der Waals surface area contributed by atoms with Crippen LogP contribution in [0.1, 0.15) is 66.9 Å². The summed E-state index contributed by atoms with van der Waals surface area (Å²) < 4.78 is 7.75. The number of nitrogens with zero attached hydrogens (tertiary/aromatic N) is 3. The van der Waals surface area contributed by atoms with Gasteiger partial charge in [-0.3, -0.25) is 9.59 Å². The van der Waals surface area contributed by atoms with Crippen molar-refractivity contribution >= 4 is 28.7 Å². The van der Waals surface area contributed by atoms with Gasteiger partial charge in [0.2, 0.25) is 11.8 Å². The zero-order chi connectivity index (χ0) is 26.5. The first kappa shape index (κ1) is 25.1. The molecule has 0 radical (unpaired) electrons. The monoisotopic (exact) mass is 501 g/mol. The molecule has 2 amide bonds. The van der Waals surface area contributed by atoms with E-state index in [1.807, 2.05) is 39.8 Å². The lowest BCUT2D eigenvalue weighted by molar-refractivity contribution is -0.157. The van der Waals surface area contributed by atoms with Gasteiger partial charge >= 0.3 is 5.97 Å². The second kappa shape index (κ2) is 9.36. The smallest absolute Gasteiger partial charge is 0.338 e. The molecule has 2 aliphatic heterocycles. The second-order valence-corrected chi connectivity index (χ2v) is 11.2. The van der Waals surface area contributed by atoms with Crippen LogP contribution in [0, 0.1) is 6.92 Å². The molecule has 1 atom stereocenters. The molecular formula is C30H35N3O4. The van der Waals surface area contributed by atoms with Gasteiger partial charge in [0.05, 0.1) is 18.7 Å². The van der Waals surface area contributed by atoms with Crippen LogP contribution in [0.4, 0.5) is 0 Å². The molecule has 194 valence electrons. The average Bonchev–Trinajstić information content (AvgIpc) is 3.13. The van der Waals surface area contributed by atoms with E-state index in [1.54, 1.807) is 21.9 Å². The van der Waals surface area contributed by atoms with Gasteiger partial charge in [-0.2, -0.15) is 0 Å². The van der Waals surface area contributed by atoms with Crippen LogP contribution in [0.15, 0.2) is 42.5 Å². The van der Waals surface area contributed by atoms with Crippen LogP contribution in [0.25, 0.3) is 10.9 Å². The molecular weight excluding hydrogens is 466 g/mol. The quantitative estimate of drug-likeness (QED) is 0.484. The molecule has 1 unspecified atom stereocenters. The topological polar surface area (TPSA) is 71.8 Å². The number of hydrogen-bond acceptors (Lipinski definition) is 4. The maximum absolute atomic E-state index is 13.3. The van der Waals surface area contributed by atoms with Crippen LogP contribution in [-0.4, -0.2) is 56.9 Å². The minimum atomic E-state index is -0.546. The molecule has 1 fully saturated rings. The van der Waals surface area contributed by atoms with Gasteiger partial charge in [-0.25, -0.2) is 4.79 Å². The van der Waals surface area contributed by atoms with Gasteiger partial charge in [0.1, 0.15) is 11.6 Å². The fraction of sp³-hybridized carbons (Fsp3) is 0.433. The van der Waals surface area contributed by atoms with Gasteiger partial charge in [-0.1, -0.05) is 30.7 Å². The number of hydrogen-bond donors (Lipinski definition) is 0. The molecule has 1 saturated heterocycles. The Morgan fingerprint density at radius 3 is 2.46 bits per heavy atom. The number of ether oxygens (including phenoxy) is 1. The molecule has 3 aromatic rings. The number of amides is 2. The van der Waals surface area contributed by atoms with Crippen LogP contribution in [0.3, 0.4) is 0 Å². The van der Waals surface area contributed by atoms with Crippen molar-refractivity contribution in [2.24, 2.45) is 0 Å². The van der Waals surface area contributed by atoms with Crippen molar-refractivity contribution in [3.8, 4) is 0 Å². The number of benzene rings is 2. The molecule has 0 N–H and O–H groups in total. The summed E-state index contributed by atoms with van der Waals surface area (Å²) in [4.78, 5) is 42.3. The third-order valence-electron chi connectivity index (χ3n) is 7.20. The van der Waals surface area contributed by atoms with Crippen molar-refractivity contribution < 1.29 is 19.1 Å². The van der Waals surface area contributed by atoms with E-state index in [-0.39, 0.29) is 24.3 Å². The van der Waals surface area contributed by atoms with Gasteiger partial charge in [0.15, 0.2) is 0 Å². The predicted molar refractivity (Wildman–Crippen MR) is 142 cm³/mol. The van der Waals surface area contributed by atoms with E-state index >= 15 is 0 Å². The lowest BCUT2D eigenvalue weighted by Gasteiger charge is -2.43. The van der Waals surface area contributed by atoms with Gasteiger partial charge < -0.3 is 19.1 Å². The minimum Gasteiger partial charge on any atom is -0.456 e. The molecule has 0 aliphatic carbocycles. The second-order valence-electron chi connectivity index (χ2n) is 11.2. The predicted octanol–water partition coefficient (Wildman–Crippen LogP) is 4.46. The van der Waals surface area contributed by atoms with Crippen LogP contribution in [0.5, 0.6) is 0 Å². The summed E-state index contributed by atoms with van der Waals surface area (Å²) in [6, 6.07) is 13.5. The molecule has 7 nitrogen and oxygen atoms in total. The maximum Gasteiger partial charge on any atom is 0.338 e. The third kappa shape index (κ3) is 4.75. The summed E-state index contributed by atoms with van der Waals surface area (Å²) in [5, 5.41) is 1.15. The average molecular weight is 502 g/mol. The lowest BCUT2D eigenvalue weighted by Crippen LogP contribution is -2.61. The Labute approximate surface area is 218 Å². The summed E-state index contributed by atoms with van der Waals surface area (Å²) in [6.07, 6.45) is 1.37. The van der Waals surface area contributed by atoms with Crippen LogP contribution in [-0.2, 0) is 33.8 Å². The number of aryl methyl sites for hydroxylation is 1. The number of rotatable bonds is 5. The maximum atomic E-state index is 13.3. The van der Waals surface area contributed by atoms with Gasteiger partial charge in [-0.05, 0) is 69.5 Å². The zero-order valence-electron chi connectivity index (χ0n) is 22.3. The first-order valence-electron chi connectivity index (χ1n) is 13.1. The molecule has 3 heterocycles. The molecule has 0 saturated carbocycles. The first-order valence-corrected chi connectivity index (χ1v) is 13.1. The fourth-order valence-corrected chi connectivity index (χ4v) is 5.51. The van der Waals surface area contributed by atoms with Gasteiger partial charge in [0, 0.05) is 36.1 Å². The van der Waals surface area contributed by atoms with Crippen LogP contribution < -0.4 is 0 Å². The van der Waals surface area contributed by atoms with E-state index in [4.69, 9.17) is 4.74 Å². The normalized spacial score (nSPS) is 17.7. The Kier molecular flexibility index (Phi) is 6.34. The van der Waals surface area contributed by atoms with E-state index in [0.717, 1.165) is 39.7 Å². The molecule has 1 aromatic heterocycles. The molecule has 7 heteroatoms. The number of aromatic nitrogens is 1. The molecule has 37 heavy (non-hydrogen) atoms. The summed E-state index contributed by atoms with van der Waals surface area (Å²) in [5.41, 5.74) is 5.51. The highest BCUT2D eigenvalue weighted by Gasteiger charge is 2.43. The fourth-order valence-electron chi connectivity index (χ4n) is 5.51. The van der Waals surface area contributed by atoms with Crippen molar-refractivity contribution in [2.45, 2.75) is 72.2 Å². The highest BCUT2D eigenvalue weighted by atomic mass is 16.6. The molecule has 2 aromatic carbocycles. The molecule has 2 aliphatic rings. The van der Waals surface area contributed by atoms with E-state index in [0.29, 0.717) is 31.6 Å². The van der Waals surface area contributed by atoms with E-state index in [9.17, 15) is 14.4 Å². The van der Waals surface area contributed by atoms with E-state index in [1.165, 1.54) is 0 Å². The first-order chi connectivity index (χ1) is 17.6. The van der Waals surface area contributed by atoms with Crippen LogP contribution >= 0.6 is 0 Å². The van der Waals surface area contributed by atoms with Crippen molar-refractivity contribution in [3.63, 3.8) is 0 Å². The van der Waals surface area contributed by atoms with Crippen molar-refractivity contribution in [2.75, 3.05) is 13.1 Å². The number of piperazine rings is 1. The Morgan fingerprint density at radius 2 is 1.78 bits per heavy atom. The van der Waals surface area contributed by atoms with Crippen LogP contribution in [0.2, 0.25) is 0 Å². The SMILES string of the molecule is CCCN1CC(=O)N2Cc3c(c4cc(C)ccc4n3Cc3ccc(C(=O)OC(C)(C)C)cc3)CC2C1=O. The standard InChI is InChI=1S/C30H35N3O4/c1-6-13-31-18-27(34)33-17-26-23(15-25(33)28(31)35)22-14-19(2)7-12-24(22)32(26)16-20-8-10-21(11-9-20)29(36)37-30(3,4)5/h7-12,14,25H,6,13,15-18H2,1-5H3. The molecule has 0 bridgehead atoms. The van der Waals surface area contributed by atoms with E-state index in [2.05, 4.69) is 29.7 Å². The summed E-state index contributed by atoms with van der Waals surface area (Å²) in [7, 11) is 0. The Bertz CT molecular complexity index is 1380. The number of carbonyl (C=O) groups is 3. The Balaban J connectivity index is 1.50. The third-order valence-corrected chi connectivity index (χ3v) is 7.20. The van der Waals surface area contributed by atoms with Crippen molar-refractivity contribution in [1.82, 2.24) is 14.4 Å². The largest absolute Gasteiger partial charge is 0.456 e. The van der Waals surface area contributed by atoms with E-state index < -0.39 is 11.6 Å². The van der Waals surface area contributed by atoms with Crippen molar-refractivity contribution in [3.05, 3.63) is 70.4 Å². The summed E-state index contributed by atoms with van der Waals surface area (Å²) >= 11 is 0. The molecule has 0 spiro atoms. The summed E-state index contributed by atoms with van der Waals surface area (Å²) in [5.74, 6) is -0.272. The number of fused-ring (bicyclic) bond motifs is 4. The Morgan fingerprint density at radius 1 is 1.05 bits per heavy atom. The van der Waals surface area contributed by atoms with Gasteiger partial charge in [-0.15, -0.1) is 0 Å². The lowest BCUT2D eigenvalue weighted by atomic mass is 9.93. The number of esters is 1. The zero-order valence-corrected chi connectivity index (χ0v) is 22.3. The highest BCUT2D eigenvalue weighted by Crippen LogP contribution is 2.36. The van der Waals surface area contributed by atoms with Gasteiger partial charge in [0.25, 0.3) is 0 Å². The number of carbonyl (C=O) groups excluding carboxylic acids is 3. The molecule has 5 rings (SSSR count). The van der Waals surface area contributed by atoms with Crippen molar-refractivity contribution in [1.29, 1.82) is 0 Å². The Hall–Kier alpha value is -3.61. The highest BCUT2D eigenvalue weighted by molar-refractivity contribution is 5.97. The summed E-state index contributed by atoms with van der Waals surface area (Å²) in [6.45, 7) is 11.5. The minimum absolute atomic E-state index is 0.0124.